The van der Waals surface area contributed by atoms with Crippen molar-refractivity contribution in [2.24, 2.45) is 4.99 Å². The normalized spacial score (nSPS) is 11.1. The van der Waals surface area contributed by atoms with Gasteiger partial charge in [0.15, 0.2) is 5.96 Å². The van der Waals surface area contributed by atoms with Crippen LogP contribution in [-0.2, 0) is 6.54 Å². The molecule has 0 bridgehead atoms. The van der Waals surface area contributed by atoms with Gasteiger partial charge in [-0.15, -0.1) is 24.0 Å². The third kappa shape index (κ3) is 7.37. The molecule has 0 aliphatic rings. The van der Waals surface area contributed by atoms with Gasteiger partial charge in [0.05, 0.1) is 12.2 Å². The van der Waals surface area contributed by atoms with Crippen molar-refractivity contribution in [1.82, 2.24) is 15.6 Å². The molecule has 0 saturated carbocycles. The van der Waals surface area contributed by atoms with Gasteiger partial charge in [0.25, 0.3) is 0 Å². The summed E-state index contributed by atoms with van der Waals surface area (Å²) in [6, 6.07) is 0. The van der Waals surface area contributed by atoms with Gasteiger partial charge in [-0.2, -0.15) is 11.8 Å². The Morgan fingerprint density at radius 2 is 2.05 bits per heavy atom. The van der Waals surface area contributed by atoms with E-state index in [4.69, 9.17) is 4.42 Å². The maximum absolute atomic E-state index is 5.51. The second-order valence-corrected chi connectivity index (χ2v) is 5.29. The number of thioether (sulfide) groups is 1. The van der Waals surface area contributed by atoms with Crippen LogP contribution >= 0.6 is 35.7 Å². The summed E-state index contributed by atoms with van der Waals surface area (Å²) in [5, 5.41) is 6.47. The minimum atomic E-state index is 0. The summed E-state index contributed by atoms with van der Waals surface area (Å²) in [4.78, 5) is 8.49. The van der Waals surface area contributed by atoms with Crippen LogP contribution in [0.15, 0.2) is 9.41 Å². The number of rotatable bonds is 7. The number of hydrogen-bond acceptors (Lipinski definition) is 4. The molecule has 0 saturated heterocycles. The van der Waals surface area contributed by atoms with E-state index >= 15 is 0 Å². The third-order valence-electron chi connectivity index (χ3n) is 2.77. The van der Waals surface area contributed by atoms with Crippen LogP contribution in [0.1, 0.15) is 30.2 Å². The molecule has 0 spiro atoms. The number of nitrogens with one attached hydrogen (secondary N) is 2. The van der Waals surface area contributed by atoms with Crippen molar-refractivity contribution in [3.8, 4) is 0 Å². The number of unbranched alkanes of at least 4 members (excludes halogenated alkanes) is 1. The Morgan fingerprint density at radius 3 is 2.60 bits per heavy atom. The van der Waals surface area contributed by atoms with Crippen molar-refractivity contribution >= 4 is 41.7 Å². The standard InChI is InChI=1S/C13H24N4OS.HI/c1-10-11(2)18-12(17-10)9-16-13(14-3)15-7-5-6-8-19-4;/h5-9H2,1-4H3,(H2,14,15,16);1H. The zero-order chi connectivity index (χ0) is 14.1. The zero-order valence-electron chi connectivity index (χ0n) is 12.7. The summed E-state index contributed by atoms with van der Waals surface area (Å²) in [5.41, 5.74) is 0.941. The van der Waals surface area contributed by atoms with E-state index in [1.807, 2.05) is 25.6 Å². The van der Waals surface area contributed by atoms with Crippen molar-refractivity contribution in [3.05, 3.63) is 17.3 Å². The first-order chi connectivity index (χ1) is 9.17. The second kappa shape index (κ2) is 11.2. The van der Waals surface area contributed by atoms with Gasteiger partial charge in [-0.1, -0.05) is 0 Å². The molecule has 0 unspecified atom stereocenters. The van der Waals surface area contributed by atoms with Crippen molar-refractivity contribution in [2.75, 3.05) is 25.6 Å². The number of aryl methyl sites for hydroxylation is 2. The van der Waals surface area contributed by atoms with Crippen molar-refractivity contribution in [1.29, 1.82) is 0 Å². The van der Waals surface area contributed by atoms with Gasteiger partial charge in [0, 0.05) is 13.6 Å². The average molecular weight is 412 g/mol. The summed E-state index contributed by atoms with van der Waals surface area (Å²) in [5.74, 6) is 3.57. The lowest BCUT2D eigenvalue weighted by Crippen LogP contribution is -2.37. The van der Waals surface area contributed by atoms with Crippen LogP contribution in [0.25, 0.3) is 0 Å². The third-order valence-corrected chi connectivity index (χ3v) is 3.47. The van der Waals surface area contributed by atoms with E-state index < -0.39 is 0 Å². The van der Waals surface area contributed by atoms with E-state index in [1.165, 1.54) is 12.2 Å². The Balaban J connectivity index is 0.00000361. The van der Waals surface area contributed by atoms with Gasteiger partial charge in [0.1, 0.15) is 5.76 Å². The van der Waals surface area contributed by atoms with Crippen LogP contribution in [0.2, 0.25) is 0 Å². The highest BCUT2D eigenvalue weighted by Crippen LogP contribution is 2.07. The lowest BCUT2D eigenvalue weighted by atomic mass is 10.3. The zero-order valence-corrected chi connectivity index (χ0v) is 15.8. The lowest BCUT2D eigenvalue weighted by molar-refractivity contribution is 0.463. The van der Waals surface area contributed by atoms with Crippen LogP contribution in [0.3, 0.4) is 0 Å². The Hall–Kier alpha value is -0.440. The summed E-state index contributed by atoms with van der Waals surface area (Å²) < 4.78 is 5.51. The van der Waals surface area contributed by atoms with Gasteiger partial charge in [-0.3, -0.25) is 4.99 Å². The first-order valence-corrected chi connectivity index (χ1v) is 7.93. The maximum atomic E-state index is 5.51. The number of halogens is 1. The highest BCUT2D eigenvalue weighted by Gasteiger charge is 2.05. The molecule has 1 heterocycles. The molecule has 0 radical (unpaired) electrons. The maximum Gasteiger partial charge on any atom is 0.214 e. The molecular formula is C13H25IN4OS. The van der Waals surface area contributed by atoms with E-state index in [9.17, 15) is 0 Å². The van der Waals surface area contributed by atoms with Crippen molar-refractivity contribution < 1.29 is 4.42 Å². The molecule has 0 aliphatic heterocycles. The number of aliphatic imine (C=N–C) groups is 1. The van der Waals surface area contributed by atoms with E-state index in [0.29, 0.717) is 12.4 Å². The van der Waals surface area contributed by atoms with E-state index in [1.54, 1.807) is 7.05 Å². The fraction of sp³-hybridized carbons (Fsp3) is 0.692. The monoisotopic (exact) mass is 412 g/mol. The molecule has 5 nitrogen and oxygen atoms in total. The molecule has 0 amide bonds. The van der Waals surface area contributed by atoms with Crippen LogP contribution in [-0.4, -0.2) is 36.5 Å². The van der Waals surface area contributed by atoms with E-state index in [-0.39, 0.29) is 24.0 Å². The molecule has 0 aromatic carbocycles. The number of hydrogen-bond donors (Lipinski definition) is 2. The largest absolute Gasteiger partial charge is 0.444 e. The molecule has 0 atom stereocenters. The molecule has 7 heteroatoms. The minimum Gasteiger partial charge on any atom is -0.444 e. The topological polar surface area (TPSA) is 62.5 Å². The fourth-order valence-corrected chi connectivity index (χ4v) is 2.07. The first kappa shape index (κ1) is 19.6. The molecule has 1 rings (SSSR count). The average Bonchev–Trinajstić information content (AvgIpc) is 2.72. The minimum absolute atomic E-state index is 0. The fourth-order valence-electron chi connectivity index (χ4n) is 1.57. The quantitative estimate of drug-likeness (QED) is 0.312. The summed E-state index contributed by atoms with van der Waals surface area (Å²) in [7, 11) is 1.77. The van der Waals surface area contributed by atoms with Gasteiger partial charge in [-0.05, 0) is 38.7 Å². The summed E-state index contributed by atoms with van der Waals surface area (Å²) in [6.07, 6.45) is 4.51. The molecule has 2 N–H and O–H groups in total. The van der Waals surface area contributed by atoms with Crippen LogP contribution < -0.4 is 10.6 Å². The molecule has 0 fully saturated rings. The van der Waals surface area contributed by atoms with E-state index in [2.05, 4.69) is 26.9 Å². The number of guanidine groups is 1. The molecular weight excluding hydrogens is 387 g/mol. The predicted molar refractivity (Wildman–Crippen MR) is 97.2 cm³/mol. The van der Waals surface area contributed by atoms with Crippen LogP contribution in [0.5, 0.6) is 0 Å². The summed E-state index contributed by atoms with van der Waals surface area (Å²) in [6.45, 7) is 5.36. The van der Waals surface area contributed by atoms with Crippen LogP contribution in [0, 0.1) is 13.8 Å². The van der Waals surface area contributed by atoms with Crippen molar-refractivity contribution in [3.63, 3.8) is 0 Å². The highest BCUT2D eigenvalue weighted by atomic mass is 127. The molecule has 0 aliphatic carbocycles. The van der Waals surface area contributed by atoms with Crippen LogP contribution in [0.4, 0.5) is 0 Å². The highest BCUT2D eigenvalue weighted by molar-refractivity contribution is 14.0. The Bertz CT molecular complexity index is 390. The van der Waals surface area contributed by atoms with E-state index in [0.717, 1.165) is 30.4 Å². The van der Waals surface area contributed by atoms with Gasteiger partial charge < -0.3 is 15.1 Å². The Morgan fingerprint density at radius 1 is 1.30 bits per heavy atom. The molecule has 1 aromatic heterocycles. The Kier molecular flexibility index (Phi) is 11.0. The number of oxazole rings is 1. The number of nitrogens with zero attached hydrogens (tertiary/aromatic N) is 2. The number of aromatic nitrogens is 1. The predicted octanol–water partition coefficient (Wildman–Crippen LogP) is 2.72. The van der Waals surface area contributed by atoms with Gasteiger partial charge in [0.2, 0.25) is 5.89 Å². The molecule has 20 heavy (non-hydrogen) atoms. The first-order valence-electron chi connectivity index (χ1n) is 6.53. The second-order valence-electron chi connectivity index (χ2n) is 4.30. The Labute approximate surface area is 142 Å². The smallest absolute Gasteiger partial charge is 0.214 e. The molecule has 116 valence electrons. The van der Waals surface area contributed by atoms with Gasteiger partial charge in [-0.25, -0.2) is 4.98 Å². The SMILES string of the molecule is CN=C(NCCCCSC)NCc1nc(C)c(C)o1.I. The summed E-state index contributed by atoms with van der Waals surface area (Å²) >= 11 is 1.88. The van der Waals surface area contributed by atoms with Gasteiger partial charge >= 0.3 is 0 Å². The lowest BCUT2D eigenvalue weighted by Gasteiger charge is -2.10. The van der Waals surface area contributed by atoms with Crippen molar-refractivity contribution in [2.45, 2.75) is 33.2 Å². The molecule has 1 aromatic rings.